The summed E-state index contributed by atoms with van der Waals surface area (Å²) < 4.78 is 0. The lowest BCUT2D eigenvalue weighted by molar-refractivity contribution is 0.334. The van der Waals surface area contributed by atoms with Gasteiger partial charge in [0.2, 0.25) is 0 Å². The Hall–Kier alpha value is -0.570. The number of hydrogen-bond acceptors (Lipinski definition) is 2. The van der Waals surface area contributed by atoms with Gasteiger partial charge in [-0.15, -0.1) is 0 Å². The third-order valence-electron chi connectivity index (χ3n) is 3.93. The molecule has 1 aliphatic heterocycles. The Balaban J connectivity index is 1.82. The smallest absolute Gasteiger partial charge is 0.0409 e. The van der Waals surface area contributed by atoms with Crippen LogP contribution < -0.4 is 10.6 Å². The molecule has 1 aromatic rings. The van der Waals surface area contributed by atoms with Gasteiger partial charge in [-0.3, -0.25) is 0 Å². The average Bonchev–Trinajstić information content (AvgIpc) is 2.39. The molecule has 0 aromatic heterocycles. The van der Waals surface area contributed by atoms with E-state index < -0.39 is 0 Å². The molecule has 0 amide bonds. The number of rotatable bonds is 5. The van der Waals surface area contributed by atoms with E-state index in [0.29, 0.717) is 18.1 Å². The molecule has 2 rings (SSSR count). The third kappa shape index (κ3) is 4.79. The molecular weight excluding hydrogens is 256 g/mol. The second-order valence-electron chi connectivity index (χ2n) is 5.73. The van der Waals surface area contributed by atoms with E-state index >= 15 is 0 Å². The van der Waals surface area contributed by atoms with Crippen molar-refractivity contribution in [3.05, 3.63) is 34.9 Å². The first-order chi connectivity index (χ1) is 9.15. The van der Waals surface area contributed by atoms with Crippen molar-refractivity contribution in [3.8, 4) is 0 Å². The number of halogens is 1. The van der Waals surface area contributed by atoms with Crippen LogP contribution in [-0.4, -0.2) is 18.6 Å². The maximum Gasteiger partial charge on any atom is 0.0409 e. The van der Waals surface area contributed by atoms with Gasteiger partial charge < -0.3 is 10.6 Å². The fraction of sp³-hybridized carbons (Fsp3) is 0.625. The van der Waals surface area contributed by atoms with Crippen LogP contribution in [0.5, 0.6) is 0 Å². The van der Waals surface area contributed by atoms with E-state index in [2.05, 4.69) is 30.5 Å². The molecule has 106 valence electrons. The molecule has 3 atom stereocenters. The second kappa shape index (κ2) is 7.28. The zero-order valence-electron chi connectivity index (χ0n) is 12.0. The predicted octanol–water partition coefficient (Wildman–Crippen LogP) is 3.91. The van der Waals surface area contributed by atoms with Crippen molar-refractivity contribution in [2.24, 2.45) is 0 Å². The highest BCUT2D eigenvalue weighted by molar-refractivity contribution is 6.30. The normalized spacial score (nSPS) is 23.0. The zero-order valence-corrected chi connectivity index (χ0v) is 12.7. The van der Waals surface area contributed by atoms with Crippen LogP contribution >= 0.6 is 11.6 Å². The van der Waals surface area contributed by atoms with Crippen LogP contribution in [0.2, 0.25) is 5.02 Å². The summed E-state index contributed by atoms with van der Waals surface area (Å²) in [5.74, 6) is 0. The summed E-state index contributed by atoms with van der Waals surface area (Å²) in [5, 5.41) is 8.10. The van der Waals surface area contributed by atoms with Crippen molar-refractivity contribution >= 4 is 11.6 Å². The number of hydrogen-bond donors (Lipinski definition) is 2. The van der Waals surface area contributed by atoms with Crippen LogP contribution in [0.15, 0.2) is 24.3 Å². The van der Waals surface area contributed by atoms with Gasteiger partial charge in [0, 0.05) is 23.1 Å². The number of benzene rings is 1. The van der Waals surface area contributed by atoms with Gasteiger partial charge in [0.05, 0.1) is 0 Å². The molecule has 1 fully saturated rings. The Bertz CT molecular complexity index is 388. The molecule has 2 nitrogen and oxygen atoms in total. The summed E-state index contributed by atoms with van der Waals surface area (Å²) in [6, 6.07) is 9.67. The molecule has 2 unspecified atom stereocenters. The van der Waals surface area contributed by atoms with Crippen molar-refractivity contribution in [2.75, 3.05) is 6.54 Å². The summed E-state index contributed by atoms with van der Waals surface area (Å²) in [4.78, 5) is 0. The lowest BCUT2D eigenvalue weighted by Crippen LogP contribution is -2.40. The molecule has 2 N–H and O–H groups in total. The standard InChI is InChI=1S/C16H25ClN2/c1-12(10-16-8-3-4-9-18-16)19-13(2)14-6-5-7-15(17)11-14/h5-7,11-13,16,18-19H,3-4,8-10H2,1-2H3/t12?,13-,16?/m0/s1. The lowest BCUT2D eigenvalue weighted by Gasteiger charge is -2.28. The largest absolute Gasteiger partial charge is 0.314 e. The highest BCUT2D eigenvalue weighted by Gasteiger charge is 2.17. The van der Waals surface area contributed by atoms with E-state index in [1.165, 1.54) is 37.8 Å². The molecular formula is C16H25ClN2. The van der Waals surface area contributed by atoms with E-state index in [0.717, 1.165) is 5.02 Å². The van der Waals surface area contributed by atoms with Crippen LogP contribution in [0.1, 0.15) is 51.1 Å². The Morgan fingerprint density at radius 3 is 2.89 bits per heavy atom. The first-order valence-electron chi connectivity index (χ1n) is 7.40. The lowest BCUT2D eigenvalue weighted by atomic mass is 9.98. The Kier molecular flexibility index (Phi) is 5.68. The summed E-state index contributed by atoms with van der Waals surface area (Å²) in [6.07, 6.45) is 5.22. The molecule has 0 saturated carbocycles. The minimum Gasteiger partial charge on any atom is -0.314 e. The van der Waals surface area contributed by atoms with Gasteiger partial charge in [-0.25, -0.2) is 0 Å². The van der Waals surface area contributed by atoms with Crippen molar-refractivity contribution in [1.82, 2.24) is 10.6 Å². The predicted molar refractivity (Wildman–Crippen MR) is 82.7 cm³/mol. The van der Waals surface area contributed by atoms with Gasteiger partial charge in [0.1, 0.15) is 0 Å². The van der Waals surface area contributed by atoms with Crippen LogP contribution in [0.4, 0.5) is 0 Å². The van der Waals surface area contributed by atoms with Gasteiger partial charge in [-0.2, -0.15) is 0 Å². The SMILES string of the molecule is CC(CC1CCCCN1)N[C@@H](C)c1cccc(Cl)c1. The molecule has 0 spiro atoms. The van der Waals surface area contributed by atoms with Crippen molar-refractivity contribution in [1.29, 1.82) is 0 Å². The Morgan fingerprint density at radius 2 is 2.21 bits per heavy atom. The fourth-order valence-corrected chi connectivity index (χ4v) is 3.12. The topological polar surface area (TPSA) is 24.1 Å². The highest BCUT2D eigenvalue weighted by Crippen LogP contribution is 2.19. The third-order valence-corrected chi connectivity index (χ3v) is 4.17. The van der Waals surface area contributed by atoms with Gasteiger partial charge in [0.15, 0.2) is 0 Å². The first kappa shape index (κ1) is 14.8. The minimum atomic E-state index is 0.345. The summed E-state index contributed by atoms with van der Waals surface area (Å²) >= 11 is 6.04. The van der Waals surface area contributed by atoms with Crippen molar-refractivity contribution in [2.45, 2.75) is 57.7 Å². The molecule has 0 aliphatic carbocycles. The Labute approximate surface area is 121 Å². The number of nitrogens with one attached hydrogen (secondary N) is 2. The monoisotopic (exact) mass is 280 g/mol. The van der Waals surface area contributed by atoms with Crippen molar-refractivity contribution < 1.29 is 0 Å². The molecule has 0 bridgehead atoms. The average molecular weight is 281 g/mol. The minimum absolute atomic E-state index is 0.345. The Morgan fingerprint density at radius 1 is 1.37 bits per heavy atom. The zero-order chi connectivity index (χ0) is 13.7. The van der Waals surface area contributed by atoms with Gasteiger partial charge in [-0.1, -0.05) is 30.2 Å². The van der Waals surface area contributed by atoms with Crippen LogP contribution in [-0.2, 0) is 0 Å². The summed E-state index contributed by atoms with van der Waals surface area (Å²) in [6.45, 7) is 5.66. The maximum absolute atomic E-state index is 6.04. The van der Waals surface area contributed by atoms with E-state index in [1.54, 1.807) is 0 Å². The quantitative estimate of drug-likeness (QED) is 0.854. The molecule has 1 heterocycles. The second-order valence-corrected chi connectivity index (χ2v) is 6.16. The maximum atomic E-state index is 6.04. The molecule has 1 saturated heterocycles. The van der Waals surface area contributed by atoms with Gasteiger partial charge in [-0.05, 0) is 57.4 Å². The van der Waals surface area contributed by atoms with E-state index in [1.807, 2.05) is 18.2 Å². The van der Waals surface area contributed by atoms with E-state index in [4.69, 9.17) is 11.6 Å². The summed E-state index contributed by atoms with van der Waals surface area (Å²) in [7, 11) is 0. The molecule has 0 radical (unpaired) electrons. The summed E-state index contributed by atoms with van der Waals surface area (Å²) in [5.41, 5.74) is 1.26. The van der Waals surface area contributed by atoms with Gasteiger partial charge >= 0.3 is 0 Å². The van der Waals surface area contributed by atoms with E-state index in [9.17, 15) is 0 Å². The highest BCUT2D eigenvalue weighted by atomic mass is 35.5. The molecule has 1 aliphatic rings. The van der Waals surface area contributed by atoms with Crippen molar-refractivity contribution in [3.63, 3.8) is 0 Å². The van der Waals surface area contributed by atoms with Gasteiger partial charge in [0.25, 0.3) is 0 Å². The fourth-order valence-electron chi connectivity index (χ4n) is 2.92. The molecule has 3 heteroatoms. The molecule has 19 heavy (non-hydrogen) atoms. The first-order valence-corrected chi connectivity index (χ1v) is 7.78. The van der Waals surface area contributed by atoms with E-state index in [-0.39, 0.29) is 0 Å². The van der Waals surface area contributed by atoms with Crippen LogP contribution in [0.25, 0.3) is 0 Å². The number of piperidine rings is 1. The van der Waals surface area contributed by atoms with Crippen LogP contribution in [0.3, 0.4) is 0 Å². The van der Waals surface area contributed by atoms with Crippen LogP contribution in [0, 0.1) is 0 Å². The molecule has 1 aromatic carbocycles.